The Balaban J connectivity index is 2.02. The van der Waals surface area contributed by atoms with Crippen molar-refractivity contribution in [3.05, 3.63) is 48.2 Å². The van der Waals surface area contributed by atoms with Crippen LogP contribution in [0.3, 0.4) is 0 Å². The lowest BCUT2D eigenvalue weighted by molar-refractivity contribution is 0.768. The van der Waals surface area contributed by atoms with Gasteiger partial charge >= 0.3 is 0 Å². The van der Waals surface area contributed by atoms with E-state index < -0.39 is 0 Å². The number of allylic oxidation sites excluding steroid dienone is 1. The minimum atomic E-state index is 0.805. The first-order valence-corrected chi connectivity index (χ1v) is 5.68. The summed E-state index contributed by atoms with van der Waals surface area (Å²) in [5.41, 5.74) is 4.66. The number of aromatic nitrogens is 3. The van der Waals surface area contributed by atoms with E-state index in [0.29, 0.717) is 0 Å². The third kappa shape index (κ3) is 1.93. The molecule has 0 aromatic carbocycles. The molecule has 4 nitrogen and oxygen atoms in total. The summed E-state index contributed by atoms with van der Waals surface area (Å²) >= 11 is 0. The summed E-state index contributed by atoms with van der Waals surface area (Å²) in [7, 11) is 1.92. The smallest absolute Gasteiger partial charge is 0.0630 e. The van der Waals surface area contributed by atoms with Gasteiger partial charge in [-0.3, -0.25) is 9.67 Å². The quantitative estimate of drug-likeness (QED) is 0.804. The van der Waals surface area contributed by atoms with Crippen LogP contribution in [-0.2, 0) is 20.0 Å². The topological polar surface area (TPSA) is 42.7 Å². The second-order valence-corrected chi connectivity index (χ2v) is 4.22. The Morgan fingerprint density at radius 2 is 2.24 bits per heavy atom. The lowest BCUT2D eigenvalue weighted by atomic mass is 10.1. The van der Waals surface area contributed by atoms with Gasteiger partial charge in [0, 0.05) is 30.6 Å². The molecule has 3 rings (SSSR count). The standard InChI is InChI=1S/C13H14N4/c1-17-9-12(7-16-17)11-5-10-3-2-4-14-8-13(10)15-6-11/h2,4-7,9,14H,3,8H2,1H3. The second-order valence-electron chi connectivity index (χ2n) is 4.22. The molecule has 0 fully saturated rings. The molecule has 0 saturated carbocycles. The number of hydrogen-bond donors (Lipinski definition) is 1. The normalized spacial score (nSPS) is 13.9. The van der Waals surface area contributed by atoms with Gasteiger partial charge in [-0.05, 0) is 24.3 Å². The van der Waals surface area contributed by atoms with Crippen molar-refractivity contribution in [3.8, 4) is 11.1 Å². The molecule has 3 heterocycles. The number of pyridine rings is 1. The van der Waals surface area contributed by atoms with Crippen LogP contribution in [0.2, 0.25) is 0 Å². The number of fused-ring (bicyclic) bond motifs is 1. The number of nitrogens with zero attached hydrogens (tertiary/aromatic N) is 3. The zero-order valence-electron chi connectivity index (χ0n) is 9.72. The van der Waals surface area contributed by atoms with E-state index in [9.17, 15) is 0 Å². The molecule has 0 aliphatic carbocycles. The van der Waals surface area contributed by atoms with Crippen LogP contribution in [0.4, 0.5) is 0 Å². The van der Waals surface area contributed by atoms with Crippen molar-refractivity contribution in [3.63, 3.8) is 0 Å². The molecule has 0 unspecified atom stereocenters. The fraction of sp³-hybridized carbons (Fsp3) is 0.231. The molecule has 0 bridgehead atoms. The summed E-state index contributed by atoms with van der Waals surface area (Å²) < 4.78 is 1.81. The average molecular weight is 226 g/mol. The third-order valence-electron chi connectivity index (χ3n) is 2.94. The van der Waals surface area contributed by atoms with Gasteiger partial charge in [-0.15, -0.1) is 0 Å². The third-order valence-corrected chi connectivity index (χ3v) is 2.94. The SMILES string of the molecule is Cn1cc(-c2cnc3c(c2)CC=CNC3)cn1. The number of hydrogen-bond acceptors (Lipinski definition) is 3. The van der Waals surface area contributed by atoms with Crippen molar-refractivity contribution in [2.24, 2.45) is 7.05 Å². The van der Waals surface area contributed by atoms with Crippen LogP contribution in [-0.4, -0.2) is 14.8 Å². The predicted molar refractivity (Wildman–Crippen MR) is 66.1 cm³/mol. The Bertz CT molecular complexity index is 569. The maximum Gasteiger partial charge on any atom is 0.0630 e. The van der Waals surface area contributed by atoms with E-state index in [4.69, 9.17) is 0 Å². The Hall–Kier alpha value is -2.10. The van der Waals surface area contributed by atoms with Crippen LogP contribution < -0.4 is 5.32 Å². The predicted octanol–water partition coefficient (Wildman–Crippen LogP) is 1.64. The molecule has 2 aromatic rings. The van der Waals surface area contributed by atoms with E-state index >= 15 is 0 Å². The van der Waals surface area contributed by atoms with Gasteiger partial charge in [-0.1, -0.05) is 6.08 Å². The molecule has 17 heavy (non-hydrogen) atoms. The molecule has 86 valence electrons. The first kappa shape index (κ1) is 10.1. The Morgan fingerprint density at radius 3 is 3.06 bits per heavy atom. The molecule has 0 atom stereocenters. The summed E-state index contributed by atoms with van der Waals surface area (Å²) in [6.07, 6.45) is 10.8. The average Bonchev–Trinajstić information content (AvgIpc) is 2.64. The van der Waals surface area contributed by atoms with Gasteiger partial charge in [0.05, 0.1) is 18.4 Å². The highest BCUT2D eigenvalue weighted by Crippen LogP contribution is 2.21. The Kier molecular flexibility index (Phi) is 2.40. The van der Waals surface area contributed by atoms with Crippen LogP contribution in [0.1, 0.15) is 11.3 Å². The van der Waals surface area contributed by atoms with Crippen molar-refractivity contribution in [1.29, 1.82) is 0 Å². The van der Waals surface area contributed by atoms with Crippen molar-refractivity contribution in [2.45, 2.75) is 13.0 Å². The van der Waals surface area contributed by atoms with Crippen molar-refractivity contribution in [2.75, 3.05) is 0 Å². The molecule has 0 amide bonds. The Labute approximate surface area is 100.0 Å². The van der Waals surface area contributed by atoms with Crippen molar-refractivity contribution < 1.29 is 0 Å². The van der Waals surface area contributed by atoms with Crippen molar-refractivity contribution >= 4 is 0 Å². The van der Waals surface area contributed by atoms with E-state index in [0.717, 1.165) is 29.8 Å². The van der Waals surface area contributed by atoms with Gasteiger partial charge in [-0.2, -0.15) is 5.10 Å². The zero-order valence-corrected chi connectivity index (χ0v) is 9.72. The highest BCUT2D eigenvalue weighted by Gasteiger charge is 2.08. The van der Waals surface area contributed by atoms with E-state index in [1.807, 2.05) is 36.5 Å². The van der Waals surface area contributed by atoms with Crippen molar-refractivity contribution in [1.82, 2.24) is 20.1 Å². The fourth-order valence-corrected chi connectivity index (χ4v) is 2.03. The van der Waals surface area contributed by atoms with E-state index in [1.54, 1.807) is 0 Å². The van der Waals surface area contributed by atoms with Gasteiger partial charge in [-0.25, -0.2) is 0 Å². The fourth-order valence-electron chi connectivity index (χ4n) is 2.03. The molecule has 4 heteroatoms. The summed E-state index contributed by atoms with van der Waals surface area (Å²) in [6, 6.07) is 2.21. The highest BCUT2D eigenvalue weighted by molar-refractivity contribution is 5.62. The molecule has 0 saturated heterocycles. The van der Waals surface area contributed by atoms with Gasteiger partial charge in [0.1, 0.15) is 0 Å². The Morgan fingerprint density at radius 1 is 1.29 bits per heavy atom. The van der Waals surface area contributed by atoms with E-state index in [1.165, 1.54) is 5.56 Å². The molecule has 0 radical (unpaired) electrons. The summed E-state index contributed by atoms with van der Waals surface area (Å²) in [4.78, 5) is 4.53. The second kappa shape index (κ2) is 4.05. The monoisotopic (exact) mass is 226 g/mol. The minimum absolute atomic E-state index is 0.805. The summed E-state index contributed by atoms with van der Waals surface area (Å²) in [6.45, 7) is 0.805. The van der Waals surface area contributed by atoms with Gasteiger partial charge in [0.25, 0.3) is 0 Å². The van der Waals surface area contributed by atoms with E-state index in [2.05, 4.69) is 27.5 Å². The molecular weight excluding hydrogens is 212 g/mol. The molecule has 2 aromatic heterocycles. The number of nitrogens with one attached hydrogen (secondary N) is 1. The molecule has 0 spiro atoms. The molecular formula is C13H14N4. The molecule has 1 aliphatic heterocycles. The van der Waals surface area contributed by atoms with Crippen LogP contribution in [0.25, 0.3) is 11.1 Å². The summed E-state index contributed by atoms with van der Waals surface area (Å²) in [5.74, 6) is 0. The first-order chi connectivity index (χ1) is 8.33. The van der Waals surface area contributed by atoms with Gasteiger partial charge < -0.3 is 5.32 Å². The largest absolute Gasteiger partial charge is 0.385 e. The zero-order chi connectivity index (χ0) is 11.7. The maximum atomic E-state index is 4.53. The molecule has 1 aliphatic rings. The first-order valence-electron chi connectivity index (χ1n) is 5.68. The van der Waals surface area contributed by atoms with Crippen LogP contribution in [0.5, 0.6) is 0 Å². The van der Waals surface area contributed by atoms with Gasteiger partial charge in [0.2, 0.25) is 0 Å². The number of rotatable bonds is 1. The van der Waals surface area contributed by atoms with Gasteiger partial charge in [0.15, 0.2) is 0 Å². The minimum Gasteiger partial charge on any atom is -0.385 e. The lowest BCUT2D eigenvalue weighted by Gasteiger charge is -2.06. The lowest BCUT2D eigenvalue weighted by Crippen LogP contribution is -2.06. The summed E-state index contributed by atoms with van der Waals surface area (Å²) in [5, 5.41) is 7.39. The van der Waals surface area contributed by atoms with Crippen LogP contribution >= 0.6 is 0 Å². The van der Waals surface area contributed by atoms with Crippen LogP contribution in [0, 0.1) is 0 Å². The maximum absolute atomic E-state index is 4.53. The van der Waals surface area contributed by atoms with Crippen LogP contribution in [0.15, 0.2) is 36.9 Å². The number of aryl methyl sites for hydroxylation is 1. The van der Waals surface area contributed by atoms with E-state index in [-0.39, 0.29) is 0 Å². The molecule has 1 N–H and O–H groups in total. The highest BCUT2D eigenvalue weighted by atomic mass is 15.2.